The van der Waals surface area contributed by atoms with E-state index in [0.717, 1.165) is 35.3 Å². The van der Waals surface area contributed by atoms with Crippen LogP contribution in [0.15, 0.2) is 36.4 Å². The summed E-state index contributed by atoms with van der Waals surface area (Å²) in [5.74, 6) is 2.33. The number of guanidine groups is 1. The van der Waals surface area contributed by atoms with Gasteiger partial charge in [-0.3, -0.25) is 15.5 Å². The smallest absolute Gasteiger partial charge is 0.351 e. The Kier molecular flexibility index (Phi) is 4.78. The van der Waals surface area contributed by atoms with E-state index >= 15 is 0 Å². The molecule has 1 saturated heterocycles. The predicted molar refractivity (Wildman–Crippen MR) is 118 cm³/mol. The third kappa shape index (κ3) is 3.01. The molecule has 2 aromatic carbocycles. The first-order chi connectivity index (χ1) is 15.4. The van der Waals surface area contributed by atoms with E-state index in [1.165, 1.54) is 4.90 Å². The number of nitrogens with zero attached hydrogens (tertiary/aromatic N) is 1. The Labute approximate surface area is 186 Å². The summed E-state index contributed by atoms with van der Waals surface area (Å²) < 4.78 is 23.3. The summed E-state index contributed by atoms with van der Waals surface area (Å²) in [7, 11) is 4.95. The van der Waals surface area contributed by atoms with Gasteiger partial charge in [0.15, 0.2) is 0 Å². The third-order valence-corrected chi connectivity index (χ3v) is 6.73. The molecular weight excluding hydrogens is 410 g/mol. The average molecular weight is 439 g/mol. The Morgan fingerprint density at radius 3 is 2.66 bits per heavy atom. The molecule has 5 rings (SSSR count). The maximum Gasteiger partial charge on any atom is 0.351 e. The molecule has 3 heterocycles. The van der Waals surface area contributed by atoms with Crippen molar-refractivity contribution in [3.05, 3.63) is 42.0 Å². The van der Waals surface area contributed by atoms with Crippen molar-refractivity contribution in [1.82, 2.24) is 4.90 Å². The number of carbonyl (C=O) groups excluding carboxylic acids is 1. The van der Waals surface area contributed by atoms with E-state index in [0.29, 0.717) is 37.1 Å². The van der Waals surface area contributed by atoms with E-state index in [9.17, 15) is 4.79 Å². The van der Waals surface area contributed by atoms with Gasteiger partial charge in [-0.25, -0.2) is 4.90 Å². The summed E-state index contributed by atoms with van der Waals surface area (Å²) >= 11 is 0. The lowest BCUT2D eigenvalue weighted by Crippen LogP contribution is -2.87. The maximum absolute atomic E-state index is 13.6. The fourth-order valence-electron chi connectivity index (χ4n) is 5.11. The van der Waals surface area contributed by atoms with Crippen LogP contribution >= 0.6 is 0 Å². The van der Waals surface area contributed by atoms with Crippen molar-refractivity contribution in [3.63, 3.8) is 0 Å². The van der Waals surface area contributed by atoms with Gasteiger partial charge < -0.3 is 18.9 Å². The van der Waals surface area contributed by atoms with Crippen LogP contribution in [0.3, 0.4) is 0 Å². The summed E-state index contributed by atoms with van der Waals surface area (Å²) in [6.45, 7) is 1.15. The lowest BCUT2D eigenvalue weighted by molar-refractivity contribution is -0.547. The maximum atomic E-state index is 13.6. The highest BCUT2D eigenvalue weighted by Crippen LogP contribution is 2.47. The molecule has 0 bridgehead atoms. The van der Waals surface area contributed by atoms with E-state index in [4.69, 9.17) is 24.7 Å². The van der Waals surface area contributed by atoms with Gasteiger partial charge in [0, 0.05) is 24.2 Å². The number of nitrogens with one attached hydrogen (secondary N) is 1. The second-order valence-corrected chi connectivity index (χ2v) is 8.67. The van der Waals surface area contributed by atoms with E-state index in [-0.39, 0.29) is 5.91 Å². The second kappa shape index (κ2) is 7.41. The number of fused-ring (bicyclic) bond motifs is 2. The molecule has 2 unspecified atom stereocenters. The number of ether oxygens (including phenoxy) is 4. The van der Waals surface area contributed by atoms with Gasteiger partial charge in [-0.2, -0.15) is 0 Å². The van der Waals surface area contributed by atoms with Crippen LogP contribution in [0.4, 0.5) is 0 Å². The highest BCUT2D eigenvalue weighted by atomic mass is 16.5. The van der Waals surface area contributed by atoms with E-state index in [1.54, 1.807) is 21.3 Å². The van der Waals surface area contributed by atoms with Crippen molar-refractivity contribution in [2.24, 2.45) is 5.73 Å². The van der Waals surface area contributed by atoms with Crippen LogP contribution in [0.5, 0.6) is 17.2 Å². The van der Waals surface area contributed by atoms with Gasteiger partial charge in [-0.05, 0) is 48.7 Å². The predicted octanol–water partition coefficient (Wildman–Crippen LogP) is 0.765. The monoisotopic (exact) mass is 438 g/mol. The van der Waals surface area contributed by atoms with Crippen LogP contribution in [0, 0.1) is 0 Å². The fraction of sp³-hybridized carbons (Fsp3) is 0.417. The van der Waals surface area contributed by atoms with Crippen LogP contribution < -0.4 is 24.9 Å². The molecule has 0 aromatic heterocycles. The number of amides is 1. The number of likely N-dealkylation sites (N-methyl/N-ethyl adjacent to an activating group) is 1. The molecule has 8 nitrogen and oxygen atoms in total. The Morgan fingerprint density at radius 2 is 2.00 bits per heavy atom. The van der Waals surface area contributed by atoms with Gasteiger partial charge in [0.1, 0.15) is 22.8 Å². The quantitative estimate of drug-likeness (QED) is 0.735. The Bertz CT molecular complexity index is 1110. The topological polar surface area (TPSA) is 97.2 Å². The van der Waals surface area contributed by atoms with Gasteiger partial charge in [-0.1, -0.05) is 6.07 Å². The molecule has 3 N–H and O–H groups in total. The summed E-state index contributed by atoms with van der Waals surface area (Å²) in [6, 6.07) is 11.5. The molecule has 8 heteroatoms. The number of rotatable bonds is 3. The third-order valence-electron chi connectivity index (χ3n) is 6.73. The molecular formula is C24H28N3O5+. The standard InChI is InChI=1S/C24H27N3O5/c1-27-21(28)24(26-22(27)25)13-23(9-4-10-31-14-23)32-20-7-5-15(11-18(20)24)17-12-16(29-2)6-8-19(17)30-3/h5-8,11-12H,4,9-10,13-14H2,1-3H3,(H2,25,26)/p+1. The van der Waals surface area contributed by atoms with Gasteiger partial charge in [0.2, 0.25) is 5.54 Å². The molecule has 2 atom stereocenters. The molecule has 1 amide bonds. The van der Waals surface area contributed by atoms with E-state index in [1.807, 2.05) is 36.4 Å². The number of hydrogen-bond acceptors (Lipinski definition) is 6. The molecule has 0 saturated carbocycles. The van der Waals surface area contributed by atoms with Crippen LogP contribution in [0.2, 0.25) is 0 Å². The zero-order valence-corrected chi connectivity index (χ0v) is 18.6. The molecule has 168 valence electrons. The number of carbonyl (C=O) groups is 1. The van der Waals surface area contributed by atoms with Crippen molar-refractivity contribution >= 4 is 11.9 Å². The molecule has 0 radical (unpaired) electrons. The van der Waals surface area contributed by atoms with Crippen LogP contribution in [-0.4, -0.2) is 56.8 Å². The van der Waals surface area contributed by atoms with Crippen molar-refractivity contribution in [2.45, 2.75) is 30.4 Å². The van der Waals surface area contributed by atoms with Crippen LogP contribution in [0.25, 0.3) is 11.1 Å². The summed E-state index contributed by atoms with van der Waals surface area (Å²) in [6.07, 6.45) is 2.14. The first-order valence-corrected chi connectivity index (χ1v) is 10.7. The van der Waals surface area contributed by atoms with Crippen molar-refractivity contribution in [1.29, 1.82) is 0 Å². The van der Waals surface area contributed by atoms with Crippen molar-refractivity contribution < 1.29 is 28.7 Å². The van der Waals surface area contributed by atoms with E-state index < -0.39 is 11.1 Å². The molecule has 2 spiro atoms. The van der Waals surface area contributed by atoms with Crippen LogP contribution in [-0.2, 0) is 15.1 Å². The van der Waals surface area contributed by atoms with Gasteiger partial charge in [0.25, 0.3) is 0 Å². The molecule has 0 aliphatic carbocycles. The highest BCUT2D eigenvalue weighted by Gasteiger charge is 2.61. The van der Waals surface area contributed by atoms with E-state index in [2.05, 4.69) is 4.99 Å². The van der Waals surface area contributed by atoms with Crippen LogP contribution in [0.1, 0.15) is 24.8 Å². The van der Waals surface area contributed by atoms with Crippen molar-refractivity contribution in [3.8, 4) is 28.4 Å². The lowest BCUT2D eigenvalue weighted by Gasteiger charge is -2.45. The molecule has 3 aliphatic rings. The molecule has 2 aromatic rings. The second-order valence-electron chi connectivity index (χ2n) is 8.67. The largest absolute Gasteiger partial charge is 0.497 e. The number of benzene rings is 2. The Morgan fingerprint density at radius 1 is 1.16 bits per heavy atom. The molecule has 3 aliphatic heterocycles. The minimum atomic E-state index is -1.02. The Hall–Kier alpha value is -3.26. The molecule has 1 fully saturated rings. The summed E-state index contributed by atoms with van der Waals surface area (Å²) in [4.78, 5) is 18.4. The molecule has 32 heavy (non-hydrogen) atoms. The first kappa shape index (κ1) is 20.6. The number of hydrogen-bond donors (Lipinski definition) is 2. The number of nitrogens with two attached hydrogens (primary N) is 1. The SMILES string of the molecule is COc1ccc(OC)c(-c2ccc3c(c2)C2(CC4(CCCOC4)O3)[NH+]=C(N)N(C)C2=O)c1. The number of methoxy groups -OCH3 is 2. The highest BCUT2D eigenvalue weighted by molar-refractivity contribution is 6.02. The minimum Gasteiger partial charge on any atom is -0.497 e. The van der Waals surface area contributed by atoms with Gasteiger partial charge in [0.05, 0.1) is 27.9 Å². The van der Waals surface area contributed by atoms with Gasteiger partial charge >= 0.3 is 11.9 Å². The zero-order valence-electron chi connectivity index (χ0n) is 18.6. The van der Waals surface area contributed by atoms with Gasteiger partial charge in [-0.15, -0.1) is 0 Å². The fourth-order valence-corrected chi connectivity index (χ4v) is 5.11. The summed E-state index contributed by atoms with van der Waals surface area (Å²) in [5.41, 5.74) is 7.10. The summed E-state index contributed by atoms with van der Waals surface area (Å²) in [5, 5.41) is 0. The average Bonchev–Trinajstić information content (AvgIpc) is 3.02. The minimum absolute atomic E-state index is 0.0979. The first-order valence-electron chi connectivity index (χ1n) is 10.7. The lowest BCUT2D eigenvalue weighted by atomic mass is 9.74. The zero-order chi connectivity index (χ0) is 22.5. The Balaban J connectivity index is 1.69. The normalized spacial score (nSPS) is 26.7. The van der Waals surface area contributed by atoms with Crippen molar-refractivity contribution in [2.75, 3.05) is 34.5 Å².